The molecule has 0 aliphatic carbocycles. The van der Waals surface area contributed by atoms with Crippen LogP contribution in [-0.2, 0) is 0 Å². The number of nitriles is 1. The lowest BCUT2D eigenvalue weighted by molar-refractivity contribution is 0.259. The van der Waals surface area contributed by atoms with E-state index in [0.717, 1.165) is 12.1 Å². The summed E-state index contributed by atoms with van der Waals surface area (Å²) in [7, 11) is 0. The Kier molecular flexibility index (Phi) is 4.74. The first kappa shape index (κ1) is 12.5. The van der Waals surface area contributed by atoms with Crippen molar-refractivity contribution in [3.63, 3.8) is 0 Å². The highest BCUT2D eigenvalue weighted by Gasteiger charge is 2.09. The second-order valence-corrected chi connectivity index (χ2v) is 4.20. The minimum absolute atomic E-state index is 0.0368. The van der Waals surface area contributed by atoms with E-state index in [1.807, 2.05) is 6.07 Å². The van der Waals surface area contributed by atoms with E-state index < -0.39 is 0 Å². The molecule has 1 unspecified atom stereocenters. The summed E-state index contributed by atoms with van der Waals surface area (Å²) in [5, 5.41) is 21.0. The van der Waals surface area contributed by atoms with E-state index in [4.69, 9.17) is 5.26 Å². The first-order valence-electron chi connectivity index (χ1n) is 5.39. The van der Waals surface area contributed by atoms with Gasteiger partial charge in [0, 0.05) is 6.04 Å². The van der Waals surface area contributed by atoms with E-state index in [2.05, 4.69) is 24.1 Å². The van der Waals surface area contributed by atoms with Crippen molar-refractivity contribution in [2.75, 3.05) is 11.9 Å². The van der Waals surface area contributed by atoms with E-state index in [9.17, 15) is 5.11 Å². The standard InChI is InChI=1S/C12H17N3O/c1-9(2)5-12(8-16)15-11-4-3-10(6-13)14-7-11/h3-4,7,9,12,15-16H,5,8H2,1-2H3. The average molecular weight is 219 g/mol. The number of nitrogens with zero attached hydrogens (tertiary/aromatic N) is 2. The number of rotatable bonds is 5. The number of nitrogens with one attached hydrogen (secondary N) is 1. The molecular formula is C12H17N3O. The molecule has 0 amide bonds. The van der Waals surface area contributed by atoms with Gasteiger partial charge in [-0.05, 0) is 24.5 Å². The smallest absolute Gasteiger partial charge is 0.140 e. The summed E-state index contributed by atoms with van der Waals surface area (Å²) in [6.45, 7) is 4.32. The van der Waals surface area contributed by atoms with Gasteiger partial charge in [0.25, 0.3) is 0 Å². The molecule has 1 aromatic heterocycles. The number of pyridine rings is 1. The molecule has 16 heavy (non-hydrogen) atoms. The Morgan fingerprint density at radius 2 is 2.25 bits per heavy atom. The molecule has 0 fully saturated rings. The molecule has 0 saturated heterocycles. The van der Waals surface area contributed by atoms with E-state index in [0.29, 0.717) is 11.6 Å². The predicted octanol–water partition coefficient (Wildman–Crippen LogP) is 1.77. The van der Waals surface area contributed by atoms with Crippen LogP contribution in [0.2, 0.25) is 0 Å². The van der Waals surface area contributed by atoms with Crippen molar-refractivity contribution in [3.05, 3.63) is 24.0 Å². The van der Waals surface area contributed by atoms with Gasteiger partial charge in [-0.3, -0.25) is 0 Å². The monoisotopic (exact) mass is 219 g/mol. The molecule has 0 aliphatic heterocycles. The van der Waals surface area contributed by atoms with Crippen LogP contribution in [0.1, 0.15) is 26.0 Å². The van der Waals surface area contributed by atoms with Crippen molar-refractivity contribution in [3.8, 4) is 6.07 Å². The quantitative estimate of drug-likeness (QED) is 0.792. The van der Waals surface area contributed by atoms with Gasteiger partial charge in [0.2, 0.25) is 0 Å². The van der Waals surface area contributed by atoms with Gasteiger partial charge in [0.05, 0.1) is 18.5 Å². The van der Waals surface area contributed by atoms with Crippen LogP contribution in [0, 0.1) is 17.2 Å². The molecule has 2 N–H and O–H groups in total. The van der Waals surface area contributed by atoms with Crippen LogP contribution in [0.25, 0.3) is 0 Å². The van der Waals surface area contributed by atoms with Gasteiger partial charge in [-0.15, -0.1) is 0 Å². The van der Waals surface area contributed by atoms with Gasteiger partial charge in [-0.2, -0.15) is 5.26 Å². The summed E-state index contributed by atoms with van der Waals surface area (Å²) in [6, 6.07) is 5.46. The average Bonchev–Trinajstić information content (AvgIpc) is 2.28. The topological polar surface area (TPSA) is 68.9 Å². The fourth-order valence-electron chi connectivity index (χ4n) is 1.53. The number of anilines is 1. The zero-order chi connectivity index (χ0) is 12.0. The maximum Gasteiger partial charge on any atom is 0.140 e. The normalized spacial score (nSPS) is 12.2. The van der Waals surface area contributed by atoms with Gasteiger partial charge in [0.15, 0.2) is 0 Å². The molecule has 1 heterocycles. The highest BCUT2D eigenvalue weighted by Crippen LogP contribution is 2.12. The molecular weight excluding hydrogens is 202 g/mol. The summed E-state index contributed by atoms with van der Waals surface area (Å²) in [6.07, 6.45) is 2.51. The Hall–Kier alpha value is -1.60. The largest absolute Gasteiger partial charge is 0.394 e. The summed E-state index contributed by atoms with van der Waals surface area (Å²) in [4.78, 5) is 3.96. The molecule has 0 spiro atoms. The fraction of sp³-hybridized carbons (Fsp3) is 0.500. The molecule has 0 radical (unpaired) electrons. The van der Waals surface area contributed by atoms with Crippen molar-refractivity contribution in [2.24, 2.45) is 5.92 Å². The lowest BCUT2D eigenvalue weighted by Crippen LogP contribution is -2.25. The lowest BCUT2D eigenvalue weighted by Gasteiger charge is -2.19. The highest BCUT2D eigenvalue weighted by atomic mass is 16.3. The third-order valence-corrected chi connectivity index (χ3v) is 2.23. The van der Waals surface area contributed by atoms with Crippen molar-refractivity contribution in [2.45, 2.75) is 26.3 Å². The predicted molar refractivity (Wildman–Crippen MR) is 62.9 cm³/mol. The molecule has 1 rings (SSSR count). The maximum atomic E-state index is 9.20. The van der Waals surface area contributed by atoms with Crippen LogP contribution < -0.4 is 5.32 Å². The number of hydrogen-bond acceptors (Lipinski definition) is 4. The molecule has 4 nitrogen and oxygen atoms in total. The molecule has 0 saturated carbocycles. The van der Waals surface area contributed by atoms with Crippen LogP contribution in [0.5, 0.6) is 0 Å². The fourth-order valence-corrected chi connectivity index (χ4v) is 1.53. The third kappa shape index (κ3) is 3.87. The van der Waals surface area contributed by atoms with Crippen LogP contribution >= 0.6 is 0 Å². The van der Waals surface area contributed by atoms with Crippen molar-refractivity contribution in [1.29, 1.82) is 5.26 Å². The molecule has 0 aliphatic rings. The number of aliphatic hydroxyl groups is 1. The van der Waals surface area contributed by atoms with Gasteiger partial charge in [-0.1, -0.05) is 13.8 Å². The second-order valence-electron chi connectivity index (χ2n) is 4.20. The van der Waals surface area contributed by atoms with Crippen molar-refractivity contribution < 1.29 is 5.11 Å². The summed E-state index contributed by atoms with van der Waals surface area (Å²) >= 11 is 0. The Morgan fingerprint density at radius 1 is 1.50 bits per heavy atom. The van der Waals surface area contributed by atoms with Gasteiger partial charge < -0.3 is 10.4 Å². The van der Waals surface area contributed by atoms with Crippen LogP contribution in [0.3, 0.4) is 0 Å². The van der Waals surface area contributed by atoms with E-state index in [-0.39, 0.29) is 12.6 Å². The SMILES string of the molecule is CC(C)CC(CO)Nc1ccc(C#N)nc1. The first-order valence-corrected chi connectivity index (χ1v) is 5.39. The van der Waals surface area contributed by atoms with Crippen LogP contribution in [0.4, 0.5) is 5.69 Å². The van der Waals surface area contributed by atoms with E-state index in [1.54, 1.807) is 18.3 Å². The Labute approximate surface area is 95.9 Å². The van der Waals surface area contributed by atoms with Crippen LogP contribution in [-0.4, -0.2) is 22.7 Å². The number of hydrogen-bond donors (Lipinski definition) is 2. The third-order valence-electron chi connectivity index (χ3n) is 2.23. The minimum atomic E-state index is 0.0368. The molecule has 4 heteroatoms. The Balaban J connectivity index is 2.60. The first-order chi connectivity index (χ1) is 7.65. The molecule has 1 aromatic rings. The zero-order valence-electron chi connectivity index (χ0n) is 9.64. The molecule has 0 bridgehead atoms. The number of aromatic nitrogens is 1. The Bertz CT molecular complexity index is 354. The van der Waals surface area contributed by atoms with Crippen LogP contribution in [0.15, 0.2) is 18.3 Å². The minimum Gasteiger partial charge on any atom is -0.394 e. The summed E-state index contributed by atoms with van der Waals surface area (Å²) < 4.78 is 0. The Morgan fingerprint density at radius 3 is 2.69 bits per heavy atom. The molecule has 86 valence electrons. The van der Waals surface area contributed by atoms with Gasteiger partial charge >= 0.3 is 0 Å². The van der Waals surface area contributed by atoms with E-state index in [1.165, 1.54) is 0 Å². The van der Waals surface area contributed by atoms with Gasteiger partial charge in [-0.25, -0.2) is 4.98 Å². The second kappa shape index (κ2) is 6.09. The molecule has 0 aromatic carbocycles. The zero-order valence-corrected chi connectivity index (χ0v) is 9.64. The maximum absolute atomic E-state index is 9.20. The lowest BCUT2D eigenvalue weighted by atomic mass is 10.0. The van der Waals surface area contributed by atoms with Gasteiger partial charge in [0.1, 0.15) is 11.8 Å². The summed E-state index contributed by atoms with van der Waals surface area (Å²) in [5.41, 5.74) is 1.23. The van der Waals surface area contributed by atoms with E-state index >= 15 is 0 Å². The number of aliphatic hydroxyl groups excluding tert-OH is 1. The molecule has 1 atom stereocenters. The van der Waals surface area contributed by atoms with Crippen molar-refractivity contribution >= 4 is 5.69 Å². The highest BCUT2D eigenvalue weighted by molar-refractivity contribution is 5.43. The van der Waals surface area contributed by atoms with Crippen molar-refractivity contribution in [1.82, 2.24) is 4.98 Å². The summed E-state index contributed by atoms with van der Waals surface area (Å²) in [5.74, 6) is 0.524.